The van der Waals surface area contributed by atoms with Crippen LogP contribution in [0.5, 0.6) is 0 Å². The quantitative estimate of drug-likeness (QED) is 0.687. The van der Waals surface area contributed by atoms with Gasteiger partial charge in [-0.2, -0.15) is 0 Å². The van der Waals surface area contributed by atoms with Gasteiger partial charge in [-0.3, -0.25) is 4.79 Å². The molecule has 0 bridgehead atoms. The van der Waals surface area contributed by atoms with Crippen molar-refractivity contribution in [3.63, 3.8) is 0 Å². The zero-order valence-electron chi connectivity index (χ0n) is 7.31. The molecular weight excluding hydrogens is 158 g/mol. The molecule has 1 heterocycles. The fourth-order valence-electron chi connectivity index (χ4n) is 1.48. The van der Waals surface area contributed by atoms with Crippen LogP contribution in [0.2, 0.25) is 0 Å². The molecule has 11 heavy (non-hydrogen) atoms. The molecule has 1 aliphatic rings. The Kier molecular flexibility index (Phi) is 2.47. The Bertz CT molecular complexity index is 169. The summed E-state index contributed by atoms with van der Waals surface area (Å²) >= 11 is 1.76. The molecule has 0 aromatic heterocycles. The van der Waals surface area contributed by atoms with E-state index >= 15 is 0 Å². The summed E-state index contributed by atoms with van der Waals surface area (Å²) in [5.74, 6) is 0.719. The fourth-order valence-corrected chi connectivity index (χ4v) is 2.48. The second kappa shape index (κ2) is 3.05. The van der Waals surface area contributed by atoms with Gasteiger partial charge in [0.1, 0.15) is 0 Å². The van der Waals surface area contributed by atoms with Crippen molar-refractivity contribution in [1.29, 1.82) is 0 Å². The Labute approximate surface area is 72.1 Å². The highest BCUT2D eigenvalue weighted by atomic mass is 32.2. The molecule has 0 aliphatic carbocycles. The first kappa shape index (κ1) is 8.91. The van der Waals surface area contributed by atoms with Crippen molar-refractivity contribution in [1.82, 2.24) is 5.32 Å². The van der Waals surface area contributed by atoms with Crippen LogP contribution in [-0.4, -0.2) is 17.0 Å². The van der Waals surface area contributed by atoms with Gasteiger partial charge < -0.3 is 5.32 Å². The predicted octanol–water partition coefficient (Wildman–Crippen LogP) is 1.61. The van der Waals surface area contributed by atoms with Gasteiger partial charge in [0.15, 0.2) is 0 Å². The third-order valence-electron chi connectivity index (χ3n) is 2.37. The van der Waals surface area contributed by atoms with Crippen LogP contribution in [0.15, 0.2) is 0 Å². The van der Waals surface area contributed by atoms with E-state index in [-0.39, 0.29) is 10.8 Å². The second-order valence-electron chi connectivity index (χ2n) is 3.30. The lowest BCUT2D eigenvalue weighted by Crippen LogP contribution is -2.42. The zero-order chi connectivity index (χ0) is 8.48. The molecule has 1 rings (SSSR count). The highest BCUT2D eigenvalue weighted by Crippen LogP contribution is 2.36. The van der Waals surface area contributed by atoms with Crippen LogP contribution < -0.4 is 5.32 Å². The first-order valence-electron chi connectivity index (χ1n) is 3.97. The summed E-state index contributed by atoms with van der Waals surface area (Å²) in [7, 11) is 0. The van der Waals surface area contributed by atoms with Crippen molar-refractivity contribution in [2.45, 2.75) is 31.6 Å². The molecule has 1 aliphatic heterocycles. The lowest BCUT2D eigenvalue weighted by Gasteiger charge is -2.31. The fraction of sp³-hybridized carbons (Fsp3) is 0.875. The van der Waals surface area contributed by atoms with Gasteiger partial charge in [-0.05, 0) is 18.6 Å². The normalized spacial score (nSPS) is 31.1. The van der Waals surface area contributed by atoms with E-state index in [2.05, 4.69) is 25.4 Å². The number of hydrogen-bond donors (Lipinski definition) is 1. The summed E-state index contributed by atoms with van der Waals surface area (Å²) in [6.45, 7) is 4.31. The Balaban J connectivity index is 2.70. The molecule has 1 N–H and O–H groups in total. The number of carbonyl (C=O) groups is 1. The van der Waals surface area contributed by atoms with Crippen molar-refractivity contribution in [3.8, 4) is 0 Å². The van der Waals surface area contributed by atoms with Gasteiger partial charge in [0.25, 0.3) is 0 Å². The first-order chi connectivity index (χ1) is 5.10. The smallest absolute Gasteiger partial charge is 0.221 e. The SMILES string of the molecule is CSC1(C(C)C)CCC(=O)N1. The van der Waals surface area contributed by atoms with Crippen LogP contribution in [0.4, 0.5) is 0 Å². The Morgan fingerprint density at radius 3 is 2.45 bits per heavy atom. The van der Waals surface area contributed by atoms with Gasteiger partial charge in [0.2, 0.25) is 5.91 Å². The van der Waals surface area contributed by atoms with Crippen LogP contribution in [0.25, 0.3) is 0 Å². The van der Waals surface area contributed by atoms with Gasteiger partial charge in [0.05, 0.1) is 4.87 Å². The van der Waals surface area contributed by atoms with Gasteiger partial charge in [-0.25, -0.2) is 0 Å². The molecule has 1 atom stereocenters. The maximum absolute atomic E-state index is 11.0. The van der Waals surface area contributed by atoms with Gasteiger partial charge in [-0.15, -0.1) is 11.8 Å². The van der Waals surface area contributed by atoms with Crippen LogP contribution in [0.3, 0.4) is 0 Å². The lowest BCUT2D eigenvalue weighted by atomic mass is 10.0. The largest absolute Gasteiger partial charge is 0.341 e. The van der Waals surface area contributed by atoms with Crippen LogP contribution in [0.1, 0.15) is 26.7 Å². The number of amides is 1. The van der Waals surface area contributed by atoms with Crippen molar-refractivity contribution in [3.05, 3.63) is 0 Å². The standard InChI is InChI=1S/C8H15NOS/c1-6(2)8(11-3)5-4-7(10)9-8/h6H,4-5H2,1-3H3,(H,9,10). The number of carbonyl (C=O) groups excluding carboxylic acids is 1. The minimum atomic E-state index is 0.0249. The molecule has 0 saturated carbocycles. The van der Waals surface area contributed by atoms with E-state index in [1.54, 1.807) is 11.8 Å². The molecule has 1 fully saturated rings. The van der Waals surface area contributed by atoms with E-state index in [9.17, 15) is 4.79 Å². The molecule has 1 unspecified atom stereocenters. The summed E-state index contributed by atoms with van der Waals surface area (Å²) < 4.78 is 0. The molecule has 0 aromatic carbocycles. The summed E-state index contributed by atoms with van der Waals surface area (Å²) in [4.78, 5) is 11.0. The minimum absolute atomic E-state index is 0.0249. The molecule has 2 nitrogen and oxygen atoms in total. The molecule has 3 heteroatoms. The van der Waals surface area contributed by atoms with Crippen molar-refractivity contribution in [2.24, 2.45) is 5.92 Å². The van der Waals surface area contributed by atoms with E-state index in [1.165, 1.54) is 0 Å². The number of thioether (sulfide) groups is 1. The molecule has 1 amide bonds. The molecule has 1 saturated heterocycles. The topological polar surface area (TPSA) is 29.1 Å². The van der Waals surface area contributed by atoms with Crippen molar-refractivity contribution < 1.29 is 4.79 Å². The van der Waals surface area contributed by atoms with Gasteiger partial charge >= 0.3 is 0 Å². The maximum atomic E-state index is 11.0. The van der Waals surface area contributed by atoms with Gasteiger partial charge in [0, 0.05) is 6.42 Å². The zero-order valence-corrected chi connectivity index (χ0v) is 8.12. The van der Waals surface area contributed by atoms with E-state index in [1.807, 2.05) is 0 Å². The number of nitrogens with one attached hydrogen (secondary N) is 1. The lowest BCUT2D eigenvalue weighted by molar-refractivity contribution is -0.119. The summed E-state index contributed by atoms with van der Waals surface area (Å²) in [5, 5.41) is 3.04. The Morgan fingerprint density at radius 1 is 1.64 bits per heavy atom. The molecule has 0 radical (unpaired) electrons. The van der Waals surface area contributed by atoms with E-state index < -0.39 is 0 Å². The molecule has 64 valence electrons. The molecule has 0 aromatic rings. The van der Waals surface area contributed by atoms with Crippen LogP contribution >= 0.6 is 11.8 Å². The van der Waals surface area contributed by atoms with E-state index in [4.69, 9.17) is 0 Å². The summed E-state index contributed by atoms with van der Waals surface area (Å²) in [5.41, 5.74) is 0. The monoisotopic (exact) mass is 173 g/mol. The highest BCUT2D eigenvalue weighted by Gasteiger charge is 2.39. The Hall–Kier alpha value is -0.180. The predicted molar refractivity (Wildman–Crippen MR) is 48.5 cm³/mol. The maximum Gasteiger partial charge on any atom is 0.221 e. The first-order valence-corrected chi connectivity index (χ1v) is 5.19. The summed E-state index contributed by atoms with van der Waals surface area (Å²) in [6, 6.07) is 0. The van der Waals surface area contributed by atoms with Crippen molar-refractivity contribution in [2.75, 3.05) is 6.26 Å². The average Bonchev–Trinajstić information content (AvgIpc) is 2.33. The second-order valence-corrected chi connectivity index (χ2v) is 4.43. The van der Waals surface area contributed by atoms with E-state index in [0.29, 0.717) is 12.3 Å². The number of hydrogen-bond acceptors (Lipinski definition) is 2. The molecule has 0 spiro atoms. The third-order valence-corrected chi connectivity index (χ3v) is 3.88. The highest BCUT2D eigenvalue weighted by molar-refractivity contribution is 8.00. The Morgan fingerprint density at radius 2 is 2.27 bits per heavy atom. The average molecular weight is 173 g/mol. The van der Waals surface area contributed by atoms with Gasteiger partial charge in [-0.1, -0.05) is 13.8 Å². The third kappa shape index (κ3) is 1.53. The van der Waals surface area contributed by atoms with Crippen molar-refractivity contribution >= 4 is 17.7 Å². The number of rotatable bonds is 2. The van der Waals surface area contributed by atoms with Crippen LogP contribution in [0, 0.1) is 5.92 Å². The molecular formula is C8H15NOS. The minimum Gasteiger partial charge on any atom is -0.341 e. The van der Waals surface area contributed by atoms with E-state index in [0.717, 1.165) is 6.42 Å². The van der Waals surface area contributed by atoms with Crippen LogP contribution in [-0.2, 0) is 4.79 Å². The summed E-state index contributed by atoms with van der Waals surface area (Å²) in [6.07, 6.45) is 3.73.